The van der Waals surface area contributed by atoms with Crippen molar-refractivity contribution in [1.82, 2.24) is 20.2 Å². The van der Waals surface area contributed by atoms with Gasteiger partial charge < -0.3 is 5.73 Å². The first-order valence-electron chi connectivity index (χ1n) is 5.06. The van der Waals surface area contributed by atoms with Gasteiger partial charge in [0.05, 0.1) is 7.05 Å². The number of rotatable bonds is 5. The van der Waals surface area contributed by atoms with Crippen LogP contribution in [0.5, 0.6) is 0 Å². The van der Waals surface area contributed by atoms with Gasteiger partial charge in [-0.15, -0.1) is 10.2 Å². The number of tetrazole rings is 1. The van der Waals surface area contributed by atoms with Crippen molar-refractivity contribution in [1.29, 1.82) is 0 Å². The van der Waals surface area contributed by atoms with Crippen LogP contribution in [0.4, 0.5) is 0 Å². The Labute approximate surface area is 84.7 Å². The van der Waals surface area contributed by atoms with Crippen molar-refractivity contribution in [3.63, 3.8) is 0 Å². The Bertz CT molecular complexity index is 268. The lowest BCUT2D eigenvalue weighted by Crippen LogP contribution is -2.24. The highest BCUT2D eigenvalue weighted by Crippen LogP contribution is 2.07. The van der Waals surface area contributed by atoms with Crippen molar-refractivity contribution in [2.24, 2.45) is 18.7 Å². The molecule has 0 spiro atoms. The van der Waals surface area contributed by atoms with Crippen LogP contribution in [0.25, 0.3) is 0 Å². The van der Waals surface area contributed by atoms with Crippen LogP contribution in [0, 0.1) is 5.92 Å². The Balaban J connectivity index is 2.30. The van der Waals surface area contributed by atoms with Gasteiger partial charge in [0, 0.05) is 12.5 Å². The molecule has 14 heavy (non-hydrogen) atoms. The van der Waals surface area contributed by atoms with Gasteiger partial charge in [0.15, 0.2) is 5.82 Å². The topological polar surface area (TPSA) is 69.6 Å². The number of nitrogens with zero attached hydrogens (tertiary/aromatic N) is 4. The predicted octanol–water partition coefficient (Wildman–Crippen LogP) is 0.516. The molecule has 1 aromatic heterocycles. The molecule has 1 atom stereocenters. The standard InChI is InChI=1S/C9H19N5/c1-7(2)4-5-8(10)6-9-11-13-14(3)12-9/h7-8H,4-6,10H2,1-3H3. The Morgan fingerprint density at radius 3 is 2.57 bits per heavy atom. The van der Waals surface area contributed by atoms with Crippen LogP contribution in [-0.2, 0) is 13.5 Å². The lowest BCUT2D eigenvalue weighted by molar-refractivity contribution is 0.489. The summed E-state index contributed by atoms with van der Waals surface area (Å²) in [5.74, 6) is 1.44. The van der Waals surface area contributed by atoms with Gasteiger partial charge in [-0.25, -0.2) is 0 Å². The van der Waals surface area contributed by atoms with Crippen molar-refractivity contribution in [2.45, 2.75) is 39.2 Å². The Morgan fingerprint density at radius 2 is 2.07 bits per heavy atom. The van der Waals surface area contributed by atoms with E-state index in [1.165, 1.54) is 4.80 Å². The van der Waals surface area contributed by atoms with Gasteiger partial charge in [0.25, 0.3) is 0 Å². The minimum Gasteiger partial charge on any atom is -0.327 e. The number of aryl methyl sites for hydroxylation is 1. The second-order valence-corrected chi connectivity index (χ2v) is 4.13. The number of hydrogen-bond donors (Lipinski definition) is 1. The molecule has 5 heteroatoms. The quantitative estimate of drug-likeness (QED) is 0.747. The van der Waals surface area contributed by atoms with Crippen molar-refractivity contribution in [3.8, 4) is 0 Å². The molecule has 1 unspecified atom stereocenters. The van der Waals surface area contributed by atoms with E-state index in [1.807, 2.05) is 0 Å². The molecule has 0 bridgehead atoms. The second kappa shape index (κ2) is 5.05. The third-order valence-electron chi connectivity index (χ3n) is 2.11. The molecule has 0 saturated heterocycles. The zero-order valence-electron chi connectivity index (χ0n) is 9.14. The van der Waals surface area contributed by atoms with Crippen molar-refractivity contribution in [3.05, 3.63) is 5.82 Å². The predicted molar refractivity (Wildman–Crippen MR) is 54.5 cm³/mol. The van der Waals surface area contributed by atoms with Crippen LogP contribution < -0.4 is 5.73 Å². The van der Waals surface area contributed by atoms with E-state index in [9.17, 15) is 0 Å². The van der Waals surface area contributed by atoms with E-state index in [2.05, 4.69) is 29.3 Å². The molecular formula is C9H19N5. The molecule has 0 aliphatic carbocycles. The molecule has 0 radical (unpaired) electrons. The summed E-state index contributed by atoms with van der Waals surface area (Å²) in [6, 6.07) is 0.154. The molecule has 0 amide bonds. The Morgan fingerprint density at radius 1 is 1.36 bits per heavy atom. The van der Waals surface area contributed by atoms with Crippen LogP contribution in [0.2, 0.25) is 0 Å². The minimum absolute atomic E-state index is 0.154. The first-order valence-corrected chi connectivity index (χ1v) is 5.06. The summed E-state index contributed by atoms with van der Waals surface area (Å²) in [5, 5.41) is 11.8. The molecular weight excluding hydrogens is 178 g/mol. The van der Waals surface area contributed by atoms with Gasteiger partial charge >= 0.3 is 0 Å². The highest BCUT2D eigenvalue weighted by Gasteiger charge is 2.08. The highest BCUT2D eigenvalue weighted by atomic mass is 15.6. The van der Waals surface area contributed by atoms with E-state index in [-0.39, 0.29) is 6.04 Å². The number of hydrogen-bond acceptors (Lipinski definition) is 4. The summed E-state index contributed by atoms with van der Waals surface area (Å²) >= 11 is 0. The molecule has 5 nitrogen and oxygen atoms in total. The Hall–Kier alpha value is -0.970. The fourth-order valence-corrected chi connectivity index (χ4v) is 1.29. The van der Waals surface area contributed by atoms with Crippen LogP contribution in [0.1, 0.15) is 32.5 Å². The molecule has 0 saturated carbocycles. The molecule has 0 aliphatic heterocycles. The largest absolute Gasteiger partial charge is 0.327 e. The lowest BCUT2D eigenvalue weighted by Gasteiger charge is -2.10. The van der Waals surface area contributed by atoms with Crippen molar-refractivity contribution < 1.29 is 0 Å². The van der Waals surface area contributed by atoms with Crippen LogP contribution in [-0.4, -0.2) is 26.2 Å². The molecule has 0 aliphatic rings. The first-order chi connectivity index (χ1) is 6.58. The van der Waals surface area contributed by atoms with Gasteiger partial charge in [-0.05, 0) is 24.0 Å². The summed E-state index contributed by atoms with van der Waals surface area (Å²) in [6.07, 6.45) is 2.90. The van der Waals surface area contributed by atoms with Crippen LogP contribution in [0.15, 0.2) is 0 Å². The molecule has 2 N–H and O–H groups in total. The minimum atomic E-state index is 0.154. The average Bonchev–Trinajstić information content (AvgIpc) is 2.48. The molecule has 1 rings (SSSR count). The monoisotopic (exact) mass is 197 g/mol. The van der Waals surface area contributed by atoms with E-state index in [1.54, 1.807) is 7.05 Å². The third-order valence-corrected chi connectivity index (χ3v) is 2.11. The zero-order valence-corrected chi connectivity index (χ0v) is 9.14. The number of aromatic nitrogens is 4. The van der Waals surface area contributed by atoms with Gasteiger partial charge in [-0.3, -0.25) is 0 Å². The fraction of sp³-hybridized carbons (Fsp3) is 0.889. The fourth-order valence-electron chi connectivity index (χ4n) is 1.29. The maximum atomic E-state index is 5.95. The van der Waals surface area contributed by atoms with Gasteiger partial charge in [0.2, 0.25) is 0 Å². The second-order valence-electron chi connectivity index (χ2n) is 4.13. The smallest absolute Gasteiger partial charge is 0.176 e. The normalized spacial score (nSPS) is 13.5. The highest BCUT2D eigenvalue weighted by molar-refractivity contribution is 4.82. The zero-order chi connectivity index (χ0) is 10.6. The first kappa shape index (κ1) is 11.1. The third kappa shape index (κ3) is 3.83. The van der Waals surface area contributed by atoms with E-state index in [0.29, 0.717) is 5.92 Å². The average molecular weight is 197 g/mol. The molecule has 1 heterocycles. The molecule has 1 aromatic rings. The van der Waals surface area contributed by atoms with Gasteiger partial charge in [-0.2, -0.15) is 4.80 Å². The van der Waals surface area contributed by atoms with Crippen LogP contribution >= 0.6 is 0 Å². The lowest BCUT2D eigenvalue weighted by atomic mass is 10.0. The molecule has 0 fully saturated rings. The summed E-state index contributed by atoms with van der Waals surface area (Å²) in [4.78, 5) is 1.46. The maximum absolute atomic E-state index is 5.95. The maximum Gasteiger partial charge on any atom is 0.176 e. The number of nitrogens with two attached hydrogens (primary N) is 1. The summed E-state index contributed by atoms with van der Waals surface area (Å²) < 4.78 is 0. The van der Waals surface area contributed by atoms with Gasteiger partial charge in [-0.1, -0.05) is 13.8 Å². The SMILES string of the molecule is CC(C)CCC(N)Cc1nnn(C)n1. The summed E-state index contributed by atoms with van der Waals surface area (Å²) in [6.45, 7) is 4.40. The van der Waals surface area contributed by atoms with Crippen molar-refractivity contribution >= 4 is 0 Å². The van der Waals surface area contributed by atoms with Gasteiger partial charge in [0.1, 0.15) is 0 Å². The van der Waals surface area contributed by atoms with E-state index in [4.69, 9.17) is 5.73 Å². The van der Waals surface area contributed by atoms with Crippen LogP contribution in [0.3, 0.4) is 0 Å². The van der Waals surface area contributed by atoms with E-state index in [0.717, 1.165) is 25.1 Å². The van der Waals surface area contributed by atoms with E-state index < -0.39 is 0 Å². The molecule has 0 aromatic carbocycles. The van der Waals surface area contributed by atoms with E-state index >= 15 is 0 Å². The summed E-state index contributed by atoms with van der Waals surface area (Å²) in [7, 11) is 1.76. The molecule has 80 valence electrons. The Kier molecular flexibility index (Phi) is 4.00. The van der Waals surface area contributed by atoms with Crippen molar-refractivity contribution in [2.75, 3.05) is 0 Å². The summed E-state index contributed by atoms with van der Waals surface area (Å²) in [5.41, 5.74) is 5.95.